The van der Waals surface area contributed by atoms with E-state index in [2.05, 4.69) is 11.8 Å². The predicted octanol–water partition coefficient (Wildman–Crippen LogP) is 0.694. The van der Waals surface area contributed by atoms with Crippen molar-refractivity contribution in [2.24, 2.45) is 11.7 Å². The Labute approximate surface area is 122 Å². The summed E-state index contributed by atoms with van der Waals surface area (Å²) in [5, 5.41) is 7.66. The summed E-state index contributed by atoms with van der Waals surface area (Å²) in [5.41, 5.74) is 5.65. The molecule has 0 saturated carbocycles. The minimum atomic E-state index is -3.14. The average molecular weight is 304 g/mol. The molecule has 1 saturated heterocycles. The first kappa shape index (κ1) is 17.4. The summed E-state index contributed by atoms with van der Waals surface area (Å²) in [6.07, 6.45) is 1.82. The molecule has 0 aliphatic carbocycles. The predicted molar refractivity (Wildman–Crippen MR) is 82.4 cm³/mol. The van der Waals surface area contributed by atoms with E-state index in [9.17, 15) is 8.42 Å². The summed E-state index contributed by atoms with van der Waals surface area (Å²) in [5.74, 6) is 0.534. The molecule has 0 amide bonds. The number of amidine groups is 1. The molecular formula is C13H28N4O2S. The van der Waals surface area contributed by atoms with Crippen LogP contribution >= 0.6 is 0 Å². The minimum Gasteiger partial charge on any atom is -0.386 e. The van der Waals surface area contributed by atoms with Crippen LogP contribution in [0, 0.1) is 11.3 Å². The van der Waals surface area contributed by atoms with Gasteiger partial charge in [-0.3, -0.25) is 10.3 Å². The monoisotopic (exact) mass is 304 g/mol. The molecule has 1 aliphatic rings. The Morgan fingerprint density at radius 2 is 1.80 bits per heavy atom. The van der Waals surface area contributed by atoms with E-state index < -0.39 is 10.0 Å². The van der Waals surface area contributed by atoms with Crippen LogP contribution in [0.5, 0.6) is 0 Å². The van der Waals surface area contributed by atoms with E-state index in [-0.39, 0.29) is 23.5 Å². The number of sulfonamides is 1. The summed E-state index contributed by atoms with van der Waals surface area (Å²) in [6.45, 7) is 8.22. The molecule has 0 bridgehead atoms. The van der Waals surface area contributed by atoms with Crippen LogP contribution in [0.1, 0.15) is 33.6 Å². The molecule has 7 heteroatoms. The van der Waals surface area contributed by atoms with Crippen LogP contribution in [-0.4, -0.2) is 61.4 Å². The van der Waals surface area contributed by atoms with Crippen molar-refractivity contribution < 1.29 is 8.42 Å². The van der Waals surface area contributed by atoms with Gasteiger partial charge in [0.15, 0.2) is 0 Å². The molecule has 1 unspecified atom stereocenters. The fraction of sp³-hybridized carbons (Fsp3) is 0.923. The lowest BCUT2D eigenvalue weighted by Crippen LogP contribution is -2.55. The maximum Gasteiger partial charge on any atom is 0.214 e. The normalized spacial score (nSPS) is 20.2. The van der Waals surface area contributed by atoms with Crippen molar-refractivity contribution >= 4 is 15.9 Å². The van der Waals surface area contributed by atoms with Crippen molar-refractivity contribution in [3.63, 3.8) is 0 Å². The van der Waals surface area contributed by atoms with E-state index in [1.54, 1.807) is 4.31 Å². The standard InChI is InChI=1S/C13H28N4O2S/c1-4-5-12(13(14)15)16-6-8-17(9-7-16)20(18,19)10-11(2)3/h11-12H,4-10H2,1-3H3,(H3,14,15). The molecule has 20 heavy (non-hydrogen) atoms. The van der Waals surface area contributed by atoms with Gasteiger partial charge in [-0.05, 0) is 12.3 Å². The van der Waals surface area contributed by atoms with Crippen LogP contribution in [0.4, 0.5) is 0 Å². The molecule has 0 spiro atoms. The lowest BCUT2D eigenvalue weighted by Gasteiger charge is -2.38. The summed E-state index contributed by atoms with van der Waals surface area (Å²) in [4.78, 5) is 2.13. The third kappa shape index (κ3) is 4.71. The van der Waals surface area contributed by atoms with Gasteiger partial charge < -0.3 is 5.73 Å². The molecule has 1 heterocycles. The van der Waals surface area contributed by atoms with Gasteiger partial charge in [0.25, 0.3) is 0 Å². The van der Waals surface area contributed by atoms with E-state index in [1.165, 1.54) is 0 Å². The molecule has 1 atom stereocenters. The zero-order chi connectivity index (χ0) is 15.3. The molecule has 1 fully saturated rings. The van der Waals surface area contributed by atoms with Crippen LogP contribution in [0.3, 0.4) is 0 Å². The maximum atomic E-state index is 12.2. The van der Waals surface area contributed by atoms with Gasteiger partial charge in [-0.2, -0.15) is 4.31 Å². The number of piperazine rings is 1. The Morgan fingerprint density at radius 1 is 1.25 bits per heavy atom. The van der Waals surface area contributed by atoms with Crippen molar-refractivity contribution in [3.8, 4) is 0 Å². The van der Waals surface area contributed by atoms with Crippen LogP contribution in [-0.2, 0) is 10.0 Å². The van der Waals surface area contributed by atoms with Crippen molar-refractivity contribution in [1.29, 1.82) is 5.41 Å². The first-order valence-corrected chi connectivity index (χ1v) is 8.94. The summed E-state index contributed by atoms with van der Waals surface area (Å²) >= 11 is 0. The number of nitrogens with one attached hydrogen (secondary N) is 1. The molecule has 0 aromatic carbocycles. The Morgan fingerprint density at radius 3 is 2.20 bits per heavy atom. The highest BCUT2D eigenvalue weighted by molar-refractivity contribution is 7.89. The second-order valence-electron chi connectivity index (χ2n) is 5.87. The van der Waals surface area contributed by atoms with Gasteiger partial charge in [-0.1, -0.05) is 27.2 Å². The molecule has 3 N–H and O–H groups in total. The van der Waals surface area contributed by atoms with Crippen LogP contribution in [0.2, 0.25) is 0 Å². The van der Waals surface area contributed by atoms with E-state index in [0.29, 0.717) is 26.2 Å². The highest BCUT2D eigenvalue weighted by atomic mass is 32.2. The maximum absolute atomic E-state index is 12.2. The average Bonchev–Trinajstić information content (AvgIpc) is 2.34. The van der Waals surface area contributed by atoms with Crippen LogP contribution < -0.4 is 5.73 Å². The molecule has 1 rings (SSSR count). The summed E-state index contributed by atoms with van der Waals surface area (Å²) in [7, 11) is -3.14. The number of hydrogen-bond acceptors (Lipinski definition) is 4. The van der Waals surface area contributed by atoms with E-state index in [1.807, 2.05) is 13.8 Å². The second kappa shape index (κ2) is 7.38. The molecule has 1 aliphatic heterocycles. The zero-order valence-electron chi connectivity index (χ0n) is 12.8. The summed E-state index contributed by atoms with van der Waals surface area (Å²) in [6, 6.07) is -0.0463. The van der Waals surface area contributed by atoms with Crippen molar-refractivity contribution in [2.75, 3.05) is 31.9 Å². The van der Waals surface area contributed by atoms with E-state index in [4.69, 9.17) is 11.1 Å². The van der Waals surface area contributed by atoms with E-state index >= 15 is 0 Å². The number of rotatable bonds is 7. The van der Waals surface area contributed by atoms with Gasteiger partial charge >= 0.3 is 0 Å². The zero-order valence-corrected chi connectivity index (χ0v) is 13.6. The van der Waals surface area contributed by atoms with Crippen LogP contribution in [0.25, 0.3) is 0 Å². The Bertz CT molecular complexity index is 414. The molecule has 0 aromatic rings. The highest BCUT2D eigenvalue weighted by Gasteiger charge is 2.30. The first-order chi connectivity index (χ1) is 9.27. The Balaban J connectivity index is 2.61. The van der Waals surface area contributed by atoms with Gasteiger partial charge in [-0.15, -0.1) is 0 Å². The summed E-state index contributed by atoms with van der Waals surface area (Å²) < 4.78 is 25.9. The second-order valence-corrected chi connectivity index (χ2v) is 7.88. The molecular weight excluding hydrogens is 276 g/mol. The van der Waals surface area contributed by atoms with Crippen molar-refractivity contribution in [3.05, 3.63) is 0 Å². The van der Waals surface area contributed by atoms with Gasteiger partial charge in [0.1, 0.15) is 5.84 Å². The fourth-order valence-corrected chi connectivity index (χ4v) is 4.40. The molecule has 118 valence electrons. The van der Waals surface area contributed by atoms with Crippen molar-refractivity contribution in [1.82, 2.24) is 9.21 Å². The van der Waals surface area contributed by atoms with Gasteiger partial charge in [-0.25, -0.2) is 8.42 Å². The Kier molecular flexibility index (Phi) is 6.42. The fourth-order valence-electron chi connectivity index (χ4n) is 2.63. The lowest BCUT2D eigenvalue weighted by molar-refractivity contribution is 0.160. The minimum absolute atomic E-state index is 0.0463. The number of nitrogens with zero attached hydrogens (tertiary/aromatic N) is 2. The Hall–Kier alpha value is -0.660. The lowest BCUT2D eigenvalue weighted by atomic mass is 10.1. The van der Waals surface area contributed by atoms with Gasteiger partial charge in [0.2, 0.25) is 10.0 Å². The highest BCUT2D eigenvalue weighted by Crippen LogP contribution is 2.15. The smallest absolute Gasteiger partial charge is 0.214 e. The number of nitrogens with two attached hydrogens (primary N) is 1. The molecule has 0 aromatic heterocycles. The molecule has 6 nitrogen and oxygen atoms in total. The quantitative estimate of drug-likeness (QED) is 0.535. The molecule has 0 radical (unpaired) electrons. The number of hydrogen-bond donors (Lipinski definition) is 2. The topological polar surface area (TPSA) is 90.5 Å². The van der Waals surface area contributed by atoms with Gasteiger partial charge in [0.05, 0.1) is 11.8 Å². The largest absolute Gasteiger partial charge is 0.386 e. The van der Waals surface area contributed by atoms with Crippen LogP contribution in [0.15, 0.2) is 0 Å². The van der Waals surface area contributed by atoms with Crippen molar-refractivity contribution in [2.45, 2.75) is 39.7 Å². The SMILES string of the molecule is CCCC(C(=N)N)N1CCN(S(=O)(=O)CC(C)C)CC1. The van der Waals surface area contributed by atoms with E-state index in [0.717, 1.165) is 12.8 Å². The third-order valence-corrected chi connectivity index (χ3v) is 5.81. The first-order valence-electron chi connectivity index (χ1n) is 7.33. The third-order valence-electron chi connectivity index (χ3n) is 3.57. The van der Waals surface area contributed by atoms with Gasteiger partial charge in [0, 0.05) is 26.2 Å².